The Morgan fingerprint density at radius 3 is 1.97 bits per heavy atom. The van der Waals surface area contributed by atoms with Crippen molar-refractivity contribution in [3.8, 4) is 17.2 Å². The Morgan fingerprint density at radius 1 is 0.828 bits per heavy atom. The summed E-state index contributed by atoms with van der Waals surface area (Å²) >= 11 is 17.1. The zero-order valence-electron chi connectivity index (χ0n) is 16.8. The molecule has 0 saturated carbocycles. The van der Waals surface area contributed by atoms with Crippen LogP contribution in [0, 0.1) is 0 Å². The Kier molecular flexibility index (Phi) is 10.5. The van der Waals surface area contributed by atoms with E-state index in [-0.39, 0.29) is 4.49 Å². The molecule has 0 heterocycles. The molecule has 0 aliphatic carbocycles. The predicted octanol–water partition coefficient (Wildman–Crippen LogP) is 7.40. The molecule has 2 aromatic rings. The standard InChI is InChI=1S/C23H27Cl3O3/c1-3-17-15-21(28-14-11-22(25)26)16-18(4-2)23(17)29-13-6-5-12-27-20-9-7-19(24)8-10-20/h7-11,15-16H,3-6,12-14H2,1-2H3. The first-order valence-corrected chi connectivity index (χ1v) is 11.0. The van der Waals surface area contributed by atoms with Gasteiger partial charge in [-0.15, -0.1) is 0 Å². The summed E-state index contributed by atoms with van der Waals surface area (Å²) in [6, 6.07) is 11.4. The van der Waals surface area contributed by atoms with Crippen LogP contribution in [0.3, 0.4) is 0 Å². The van der Waals surface area contributed by atoms with E-state index < -0.39 is 0 Å². The maximum absolute atomic E-state index is 6.13. The van der Waals surface area contributed by atoms with Crippen molar-refractivity contribution < 1.29 is 14.2 Å². The average molecular weight is 458 g/mol. The van der Waals surface area contributed by atoms with Gasteiger partial charge in [0.05, 0.1) is 13.2 Å². The topological polar surface area (TPSA) is 27.7 Å². The molecule has 0 N–H and O–H groups in total. The number of benzene rings is 2. The van der Waals surface area contributed by atoms with E-state index >= 15 is 0 Å². The quantitative estimate of drug-likeness (QED) is 0.311. The van der Waals surface area contributed by atoms with E-state index in [1.165, 1.54) is 0 Å². The molecule has 29 heavy (non-hydrogen) atoms. The minimum atomic E-state index is 0.205. The van der Waals surface area contributed by atoms with Gasteiger partial charge in [0.2, 0.25) is 0 Å². The normalized spacial score (nSPS) is 10.5. The van der Waals surface area contributed by atoms with Crippen LogP contribution in [0.5, 0.6) is 17.2 Å². The molecule has 0 bridgehead atoms. The lowest BCUT2D eigenvalue weighted by molar-refractivity contribution is 0.263. The van der Waals surface area contributed by atoms with Gasteiger partial charge < -0.3 is 14.2 Å². The van der Waals surface area contributed by atoms with Gasteiger partial charge >= 0.3 is 0 Å². The van der Waals surface area contributed by atoms with Crippen molar-refractivity contribution in [2.75, 3.05) is 19.8 Å². The second-order valence-corrected chi connectivity index (χ2v) is 7.88. The number of rotatable bonds is 12. The number of ether oxygens (including phenoxy) is 3. The van der Waals surface area contributed by atoms with Gasteiger partial charge in [-0.2, -0.15) is 0 Å². The first kappa shape index (κ1) is 23.7. The molecular weight excluding hydrogens is 431 g/mol. The fraction of sp³-hybridized carbons (Fsp3) is 0.391. The van der Waals surface area contributed by atoms with E-state index in [0.29, 0.717) is 24.8 Å². The summed E-state index contributed by atoms with van der Waals surface area (Å²) in [7, 11) is 0. The SMILES string of the molecule is CCc1cc(OCC=C(Cl)Cl)cc(CC)c1OCCCCOc1ccc(Cl)cc1. The highest BCUT2D eigenvalue weighted by Gasteiger charge is 2.11. The Labute approximate surface area is 188 Å². The fourth-order valence-electron chi connectivity index (χ4n) is 2.82. The van der Waals surface area contributed by atoms with Crippen LogP contribution in [0.25, 0.3) is 0 Å². The maximum atomic E-state index is 6.13. The van der Waals surface area contributed by atoms with Crippen molar-refractivity contribution in [2.45, 2.75) is 39.5 Å². The number of halogens is 3. The highest BCUT2D eigenvalue weighted by atomic mass is 35.5. The minimum absolute atomic E-state index is 0.205. The van der Waals surface area contributed by atoms with E-state index in [2.05, 4.69) is 13.8 Å². The summed E-state index contributed by atoms with van der Waals surface area (Å²) < 4.78 is 17.8. The molecule has 6 heteroatoms. The van der Waals surface area contributed by atoms with Crippen LogP contribution in [-0.2, 0) is 12.8 Å². The lowest BCUT2D eigenvalue weighted by atomic mass is 10.0. The van der Waals surface area contributed by atoms with Crippen LogP contribution in [0.2, 0.25) is 5.02 Å². The summed E-state index contributed by atoms with van der Waals surface area (Å²) in [4.78, 5) is 0. The van der Waals surface area contributed by atoms with Crippen molar-refractivity contribution in [2.24, 2.45) is 0 Å². The van der Waals surface area contributed by atoms with E-state index in [1.807, 2.05) is 36.4 Å². The molecule has 0 fully saturated rings. The van der Waals surface area contributed by atoms with E-state index in [4.69, 9.17) is 49.0 Å². The number of hydrogen-bond donors (Lipinski definition) is 0. The van der Waals surface area contributed by atoms with E-state index in [0.717, 1.165) is 54.1 Å². The van der Waals surface area contributed by atoms with Crippen molar-refractivity contribution in [3.05, 3.63) is 63.1 Å². The van der Waals surface area contributed by atoms with Crippen LogP contribution in [0.4, 0.5) is 0 Å². The second kappa shape index (κ2) is 12.9. The van der Waals surface area contributed by atoms with Crippen molar-refractivity contribution >= 4 is 34.8 Å². The smallest absolute Gasteiger partial charge is 0.125 e. The Morgan fingerprint density at radius 2 is 1.41 bits per heavy atom. The monoisotopic (exact) mass is 456 g/mol. The molecule has 0 unspecified atom stereocenters. The molecular formula is C23H27Cl3O3. The van der Waals surface area contributed by atoms with Crippen LogP contribution in [-0.4, -0.2) is 19.8 Å². The fourth-order valence-corrected chi connectivity index (χ4v) is 3.07. The van der Waals surface area contributed by atoms with Gasteiger partial charge in [0, 0.05) is 5.02 Å². The van der Waals surface area contributed by atoms with Gasteiger partial charge in [-0.25, -0.2) is 0 Å². The summed E-state index contributed by atoms with van der Waals surface area (Å²) in [6.07, 6.45) is 5.18. The molecule has 3 nitrogen and oxygen atoms in total. The lowest BCUT2D eigenvalue weighted by Gasteiger charge is -2.17. The molecule has 0 radical (unpaired) electrons. The molecule has 158 valence electrons. The zero-order valence-corrected chi connectivity index (χ0v) is 19.1. The third kappa shape index (κ3) is 8.38. The van der Waals surface area contributed by atoms with Crippen LogP contribution < -0.4 is 14.2 Å². The van der Waals surface area contributed by atoms with Gasteiger partial charge in [0.1, 0.15) is 28.3 Å². The first-order chi connectivity index (χ1) is 14.0. The highest BCUT2D eigenvalue weighted by Crippen LogP contribution is 2.31. The largest absolute Gasteiger partial charge is 0.494 e. The number of unbranched alkanes of at least 4 members (excludes halogenated alkanes) is 1. The molecule has 0 aromatic heterocycles. The zero-order chi connectivity index (χ0) is 21.1. The van der Waals surface area contributed by atoms with E-state index in [9.17, 15) is 0 Å². The summed E-state index contributed by atoms with van der Waals surface area (Å²) in [6.45, 7) is 5.86. The predicted molar refractivity (Wildman–Crippen MR) is 122 cm³/mol. The summed E-state index contributed by atoms with van der Waals surface area (Å²) in [5.41, 5.74) is 2.27. The molecule has 0 saturated heterocycles. The van der Waals surface area contributed by atoms with Crippen molar-refractivity contribution in [3.63, 3.8) is 0 Å². The molecule has 0 atom stereocenters. The Bertz CT molecular complexity index is 759. The van der Waals surface area contributed by atoms with Gasteiger partial charge in [0.25, 0.3) is 0 Å². The van der Waals surface area contributed by atoms with Crippen LogP contribution >= 0.6 is 34.8 Å². The van der Waals surface area contributed by atoms with Gasteiger partial charge in [-0.05, 0) is 79.3 Å². The number of hydrogen-bond acceptors (Lipinski definition) is 3. The van der Waals surface area contributed by atoms with E-state index in [1.54, 1.807) is 6.08 Å². The molecule has 0 aliphatic heterocycles. The number of aryl methyl sites for hydroxylation is 2. The molecule has 0 aliphatic rings. The third-order valence-electron chi connectivity index (χ3n) is 4.33. The molecule has 2 aromatic carbocycles. The third-order valence-corrected chi connectivity index (χ3v) is 4.89. The average Bonchev–Trinajstić information content (AvgIpc) is 2.71. The van der Waals surface area contributed by atoms with Crippen molar-refractivity contribution in [1.29, 1.82) is 0 Å². The second-order valence-electron chi connectivity index (χ2n) is 6.44. The maximum Gasteiger partial charge on any atom is 0.125 e. The Balaban J connectivity index is 1.85. The Hall–Kier alpha value is -1.55. The van der Waals surface area contributed by atoms with Crippen LogP contribution in [0.15, 0.2) is 47.0 Å². The molecule has 2 rings (SSSR count). The first-order valence-electron chi connectivity index (χ1n) is 9.84. The van der Waals surface area contributed by atoms with Gasteiger partial charge in [-0.1, -0.05) is 48.7 Å². The summed E-state index contributed by atoms with van der Waals surface area (Å²) in [5.74, 6) is 2.60. The molecule has 0 spiro atoms. The van der Waals surface area contributed by atoms with Crippen molar-refractivity contribution in [1.82, 2.24) is 0 Å². The van der Waals surface area contributed by atoms with Crippen LogP contribution in [0.1, 0.15) is 37.8 Å². The van der Waals surface area contributed by atoms with Gasteiger partial charge in [0.15, 0.2) is 0 Å². The lowest BCUT2D eigenvalue weighted by Crippen LogP contribution is -2.06. The van der Waals surface area contributed by atoms with Gasteiger partial charge in [-0.3, -0.25) is 0 Å². The highest BCUT2D eigenvalue weighted by molar-refractivity contribution is 6.55. The summed E-state index contributed by atoms with van der Waals surface area (Å²) in [5, 5.41) is 0.708. The molecule has 0 amide bonds. The minimum Gasteiger partial charge on any atom is -0.494 e.